The minimum absolute atomic E-state index is 0.0404. The van der Waals surface area contributed by atoms with Gasteiger partial charge in [-0.1, -0.05) is 18.9 Å². The molecule has 0 radical (unpaired) electrons. The van der Waals surface area contributed by atoms with Crippen molar-refractivity contribution in [1.29, 1.82) is 0 Å². The van der Waals surface area contributed by atoms with Gasteiger partial charge in [-0.15, -0.1) is 0 Å². The number of unbranched alkanes of at least 4 members (excludes halogenated alkanes) is 3. The molecular formula is C15H21IO4. The quantitative estimate of drug-likeness (QED) is 0.410. The average molecular weight is 392 g/mol. The molecule has 1 N–H and O–H groups in total. The van der Waals surface area contributed by atoms with Crippen LogP contribution in [-0.2, 0) is 14.3 Å². The van der Waals surface area contributed by atoms with Crippen LogP contribution in [0.25, 0.3) is 0 Å². The minimum Gasteiger partial charge on any atom is -0.396 e. The lowest BCUT2D eigenvalue weighted by Gasteiger charge is -2.42. The first-order valence-electron chi connectivity index (χ1n) is 7.47. The monoisotopic (exact) mass is 392 g/mol. The fourth-order valence-electron chi connectivity index (χ4n) is 3.39. The van der Waals surface area contributed by atoms with Gasteiger partial charge in [-0.3, -0.25) is 4.79 Å². The minimum atomic E-state index is -0.475. The van der Waals surface area contributed by atoms with Crippen LogP contribution in [0.1, 0.15) is 32.1 Å². The topological polar surface area (TPSA) is 59.1 Å². The van der Waals surface area contributed by atoms with Crippen molar-refractivity contribution in [2.24, 2.45) is 11.8 Å². The molecule has 4 rings (SSSR count). The van der Waals surface area contributed by atoms with E-state index in [4.69, 9.17) is 14.6 Å². The normalized spacial score (nSPS) is 38.4. The maximum absolute atomic E-state index is 12.4. The van der Waals surface area contributed by atoms with E-state index in [-0.39, 0.29) is 30.3 Å². The number of aliphatic hydroxyl groups is 1. The van der Waals surface area contributed by atoms with Gasteiger partial charge in [-0.25, -0.2) is 0 Å². The second kappa shape index (κ2) is 6.02. The number of aliphatic hydroxyl groups excluding tert-OH is 1. The van der Waals surface area contributed by atoms with Crippen LogP contribution in [-0.4, -0.2) is 42.4 Å². The molecule has 0 amide bonds. The first-order chi connectivity index (χ1) is 9.69. The number of ether oxygens (including phenoxy) is 2. The van der Waals surface area contributed by atoms with Gasteiger partial charge in [-0.2, -0.15) is 0 Å². The van der Waals surface area contributed by atoms with E-state index in [1.165, 1.54) is 3.58 Å². The van der Waals surface area contributed by atoms with E-state index in [0.717, 1.165) is 32.1 Å². The van der Waals surface area contributed by atoms with Crippen molar-refractivity contribution in [1.82, 2.24) is 0 Å². The van der Waals surface area contributed by atoms with Crippen LogP contribution in [0.4, 0.5) is 0 Å². The molecule has 2 fully saturated rings. The molecule has 0 unspecified atom stereocenters. The number of Topliss-reactive ketones (excluding diaryl/α,β-unsaturated/α-hetero) is 1. The number of carbonyl (C=O) groups is 1. The van der Waals surface area contributed by atoms with Gasteiger partial charge in [0.25, 0.3) is 0 Å². The lowest BCUT2D eigenvalue weighted by Crippen LogP contribution is -2.53. The molecule has 1 saturated heterocycles. The highest BCUT2D eigenvalue weighted by molar-refractivity contribution is 14.1. The molecule has 2 bridgehead atoms. The average Bonchev–Trinajstić information content (AvgIpc) is 3.22. The van der Waals surface area contributed by atoms with Crippen LogP contribution in [0.15, 0.2) is 9.66 Å². The molecule has 1 saturated carbocycles. The predicted octanol–water partition coefficient (Wildman–Crippen LogP) is 2.23. The Morgan fingerprint density at radius 1 is 1.40 bits per heavy atom. The number of rotatable bonds is 7. The number of fused-ring (bicyclic) bond motifs is 1. The zero-order valence-corrected chi connectivity index (χ0v) is 13.7. The Labute approximate surface area is 133 Å². The summed E-state index contributed by atoms with van der Waals surface area (Å²) in [6.45, 7) is 1.58. The molecule has 0 aromatic heterocycles. The number of carbonyl (C=O) groups excluding carboxylic acids is 1. The molecule has 1 heterocycles. The molecule has 112 valence electrons. The number of halogens is 1. The van der Waals surface area contributed by atoms with Gasteiger partial charge >= 0.3 is 0 Å². The summed E-state index contributed by atoms with van der Waals surface area (Å²) >= 11 is 2.34. The predicted molar refractivity (Wildman–Crippen MR) is 82.7 cm³/mol. The summed E-state index contributed by atoms with van der Waals surface area (Å²) in [7, 11) is 0. The fraction of sp³-hybridized carbons (Fsp3) is 0.800. The lowest BCUT2D eigenvalue weighted by molar-refractivity contribution is -0.140. The Bertz CT molecular complexity index is 416. The smallest absolute Gasteiger partial charge is 0.177 e. The molecule has 0 aromatic carbocycles. The molecule has 3 aliphatic carbocycles. The maximum atomic E-state index is 12.4. The number of hydrogen-bond acceptors (Lipinski definition) is 4. The van der Waals surface area contributed by atoms with Crippen LogP contribution in [0, 0.1) is 11.8 Å². The van der Waals surface area contributed by atoms with Crippen molar-refractivity contribution in [3.8, 4) is 0 Å². The summed E-state index contributed by atoms with van der Waals surface area (Å²) in [6.07, 6.45) is 7.04. The van der Waals surface area contributed by atoms with Crippen molar-refractivity contribution in [2.75, 3.05) is 19.8 Å². The van der Waals surface area contributed by atoms with E-state index in [1.54, 1.807) is 0 Å². The zero-order chi connectivity index (χ0) is 14.2. The number of ketones is 1. The summed E-state index contributed by atoms with van der Waals surface area (Å²) in [6, 6.07) is 0. The van der Waals surface area contributed by atoms with E-state index in [2.05, 4.69) is 28.7 Å². The molecule has 1 spiro atoms. The molecule has 4 atom stereocenters. The second-order valence-corrected chi connectivity index (χ2v) is 7.20. The number of hydrogen-bond donors (Lipinski definition) is 1. The number of epoxide rings is 1. The summed E-state index contributed by atoms with van der Waals surface area (Å²) < 4.78 is 12.7. The van der Waals surface area contributed by atoms with E-state index in [9.17, 15) is 4.79 Å². The maximum Gasteiger partial charge on any atom is 0.177 e. The van der Waals surface area contributed by atoms with Crippen molar-refractivity contribution in [2.45, 2.75) is 43.8 Å². The van der Waals surface area contributed by atoms with Crippen molar-refractivity contribution in [3.63, 3.8) is 0 Å². The first kappa shape index (κ1) is 14.9. The molecule has 20 heavy (non-hydrogen) atoms. The van der Waals surface area contributed by atoms with E-state index < -0.39 is 5.60 Å². The highest BCUT2D eigenvalue weighted by atomic mass is 127. The van der Waals surface area contributed by atoms with Crippen molar-refractivity contribution >= 4 is 28.4 Å². The van der Waals surface area contributed by atoms with Gasteiger partial charge in [0.15, 0.2) is 11.4 Å². The highest BCUT2D eigenvalue weighted by Gasteiger charge is 2.66. The van der Waals surface area contributed by atoms with Crippen molar-refractivity contribution in [3.05, 3.63) is 9.66 Å². The fourth-order valence-corrected chi connectivity index (χ4v) is 4.54. The Morgan fingerprint density at radius 3 is 2.85 bits per heavy atom. The third kappa shape index (κ3) is 2.58. The molecule has 4 aliphatic rings. The van der Waals surface area contributed by atoms with E-state index in [1.807, 2.05) is 0 Å². The molecular weight excluding hydrogens is 371 g/mol. The van der Waals surface area contributed by atoms with Crippen molar-refractivity contribution < 1.29 is 19.4 Å². The largest absolute Gasteiger partial charge is 0.396 e. The third-order valence-corrected chi connectivity index (χ3v) is 5.77. The highest BCUT2D eigenvalue weighted by Crippen LogP contribution is 2.55. The van der Waals surface area contributed by atoms with Crippen LogP contribution in [0.3, 0.4) is 0 Å². The first-order valence-corrected chi connectivity index (χ1v) is 8.55. The van der Waals surface area contributed by atoms with Gasteiger partial charge in [-0.05, 0) is 45.4 Å². The second-order valence-electron chi connectivity index (χ2n) is 5.96. The molecule has 5 heteroatoms. The summed E-state index contributed by atoms with van der Waals surface area (Å²) in [5.74, 6) is 0.353. The van der Waals surface area contributed by atoms with E-state index >= 15 is 0 Å². The Hall–Kier alpha value is 0.0200. The van der Waals surface area contributed by atoms with E-state index in [0.29, 0.717) is 13.2 Å². The van der Waals surface area contributed by atoms with Gasteiger partial charge in [0.05, 0.1) is 18.6 Å². The van der Waals surface area contributed by atoms with Crippen LogP contribution >= 0.6 is 22.6 Å². The van der Waals surface area contributed by atoms with Crippen LogP contribution in [0.2, 0.25) is 0 Å². The summed E-state index contributed by atoms with van der Waals surface area (Å²) in [5.41, 5.74) is -0.475. The third-order valence-electron chi connectivity index (χ3n) is 4.66. The zero-order valence-electron chi connectivity index (χ0n) is 11.5. The van der Waals surface area contributed by atoms with Gasteiger partial charge in [0, 0.05) is 19.1 Å². The standard InChI is InChI=1S/C15H21IO4/c16-12-7-10-13(19-6-4-2-1-3-5-17)8-11(12)15(9-20-15)14(10)18/h7,10-11,13,17H,1-6,8-9H2/t10-,11-,13-,15-/m0/s1. The van der Waals surface area contributed by atoms with Crippen LogP contribution in [0.5, 0.6) is 0 Å². The Morgan fingerprint density at radius 2 is 2.15 bits per heavy atom. The van der Waals surface area contributed by atoms with Crippen LogP contribution < -0.4 is 0 Å². The molecule has 4 nitrogen and oxygen atoms in total. The Balaban J connectivity index is 1.50. The SMILES string of the molecule is O=C1[C@H]2C=C(I)[C@H](C[C@@H]2OCCCCCCO)[C@@]12CO2. The summed E-state index contributed by atoms with van der Waals surface area (Å²) in [4.78, 5) is 12.4. The molecule has 1 aliphatic heterocycles. The molecule has 0 aromatic rings. The Kier molecular flexibility index (Phi) is 4.50. The summed E-state index contributed by atoms with van der Waals surface area (Å²) in [5, 5.41) is 8.72. The van der Waals surface area contributed by atoms with Gasteiger partial charge < -0.3 is 14.6 Å². The van der Waals surface area contributed by atoms with Gasteiger partial charge in [0.2, 0.25) is 0 Å². The van der Waals surface area contributed by atoms with Gasteiger partial charge in [0.1, 0.15) is 0 Å². The lowest BCUT2D eigenvalue weighted by atomic mass is 9.66.